The van der Waals surface area contributed by atoms with E-state index >= 15 is 0 Å². The molecule has 0 amide bonds. The van der Waals surface area contributed by atoms with Crippen molar-refractivity contribution in [2.24, 2.45) is 0 Å². The minimum absolute atomic E-state index is 0.221. The van der Waals surface area contributed by atoms with Crippen molar-refractivity contribution in [3.63, 3.8) is 0 Å². The van der Waals surface area contributed by atoms with Crippen LogP contribution in [0.4, 0.5) is 0 Å². The number of methoxy groups -OCH3 is 1. The lowest BCUT2D eigenvalue weighted by atomic mass is 10.00. The fourth-order valence-electron chi connectivity index (χ4n) is 4.17. The number of hydrogen-bond acceptors (Lipinski definition) is 5. The second-order valence-corrected chi connectivity index (χ2v) is 7.68. The molecule has 1 N–H and O–H groups in total. The number of hydrogen-bond donors (Lipinski definition) is 1. The maximum absolute atomic E-state index is 9.62. The van der Waals surface area contributed by atoms with Crippen molar-refractivity contribution in [2.75, 3.05) is 33.4 Å². The van der Waals surface area contributed by atoms with Gasteiger partial charge in [-0.3, -0.25) is 9.80 Å². The Kier molecular flexibility index (Phi) is 7.10. The summed E-state index contributed by atoms with van der Waals surface area (Å²) in [6.07, 6.45) is 4.73. The topological polar surface area (TPSA) is 53.8 Å². The van der Waals surface area contributed by atoms with Crippen LogP contribution in [0.1, 0.15) is 35.9 Å². The van der Waals surface area contributed by atoms with Gasteiger partial charge in [0, 0.05) is 57.8 Å². The molecular formula is C22H34N4O2. The molecule has 0 aliphatic carbocycles. The lowest BCUT2D eigenvalue weighted by Crippen LogP contribution is -2.52. The molecule has 1 saturated heterocycles. The van der Waals surface area contributed by atoms with E-state index < -0.39 is 0 Å². The van der Waals surface area contributed by atoms with Crippen LogP contribution < -0.4 is 4.74 Å². The summed E-state index contributed by atoms with van der Waals surface area (Å²) in [4.78, 5) is 9.51. The molecule has 1 aliphatic heterocycles. The second-order valence-electron chi connectivity index (χ2n) is 7.68. The van der Waals surface area contributed by atoms with Gasteiger partial charge in [-0.05, 0) is 49.9 Å². The quantitative estimate of drug-likeness (QED) is 0.756. The van der Waals surface area contributed by atoms with Crippen LogP contribution in [-0.4, -0.2) is 63.9 Å². The Balaban J connectivity index is 1.69. The second kappa shape index (κ2) is 9.54. The van der Waals surface area contributed by atoms with Gasteiger partial charge in [-0.2, -0.15) is 0 Å². The van der Waals surface area contributed by atoms with E-state index in [-0.39, 0.29) is 6.61 Å². The van der Waals surface area contributed by atoms with E-state index in [4.69, 9.17) is 4.74 Å². The fourth-order valence-corrected chi connectivity index (χ4v) is 4.17. The first-order valence-corrected chi connectivity index (χ1v) is 10.3. The molecule has 1 aromatic heterocycles. The molecule has 28 heavy (non-hydrogen) atoms. The summed E-state index contributed by atoms with van der Waals surface area (Å²) in [7, 11) is 1.72. The van der Waals surface area contributed by atoms with Crippen molar-refractivity contribution in [2.45, 2.75) is 52.9 Å². The molecule has 6 heteroatoms. The van der Waals surface area contributed by atoms with Crippen LogP contribution in [0.25, 0.3) is 0 Å². The van der Waals surface area contributed by atoms with Crippen LogP contribution in [0.15, 0.2) is 24.5 Å². The molecule has 1 atom stereocenters. The van der Waals surface area contributed by atoms with Crippen LogP contribution >= 0.6 is 0 Å². The molecule has 0 bridgehead atoms. The number of aromatic nitrogens is 2. The number of aliphatic hydroxyl groups is 1. The van der Waals surface area contributed by atoms with Gasteiger partial charge < -0.3 is 14.4 Å². The third kappa shape index (κ3) is 4.57. The van der Waals surface area contributed by atoms with E-state index in [1.165, 1.54) is 16.7 Å². The molecule has 1 aromatic carbocycles. The Morgan fingerprint density at radius 2 is 2.00 bits per heavy atom. The highest BCUT2D eigenvalue weighted by atomic mass is 16.5. The zero-order chi connectivity index (χ0) is 20.1. The predicted molar refractivity (Wildman–Crippen MR) is 112 cm³/mol. The molecule has 154 valence electrons. The zero-order valence-electron chi connectivity index (χ0n) is 17.7. The van der Waals surface area contributed by atoms with Gasteiger partial charge in [0.2, 0.25) is 0 Å². The monoisotopic (exact) mass is 386 g/mol. The van der Waals surface area contributed by atoms with Crippen LogP contribution in [-0.2, 0) is 19.6 Å². The summed E-state index contributed by atoms with van der Waals surface area (Å²) in [5.41, 5.74) is 3.86. The van der Waals surface area contributed by atoms with E-state index in [1.54, 1.807) is 7.11 Å². The minimum Gasteiger partial charge on any atom is -0.496 e. The summed E-state index contributed by atoms with van der Waals surface area (Å²) in [6.45, 7) is 12.4. The Morgan fingerprint density at radius 1 is 1.18 bits per heavy atom. The largest absolute Gasteiger partial charge is 0.496 e. The number of imidazole rings is 1. The molecule has 0 spiro atoms. The average molecular weight is 387 g/mol. The maximum atomic E-state index is 9.62. The average Bonchev–Trinajstić information content (AvgIpc) is 3.15. The molecule has 0 radical (unpaired) electrons. The molecule has 2 aromatic rings. The van der Waals surface area contributed by atoms with E-state index in [0.29, 0.717) is 6.04 Å². The SMILES string of the molecule is CCn1ccnc1CN1CCN(Cc2ccc(OC)c(C)c2C)[C@H](CCO)C1. The lowest BCUT2D eigenvalue weighted by Gasteiger charge is -2.41. The highest BCUT2D eigenvalue weighted by Gasteiger charge is 2.27. The van der Waals surface area contributed by atoms with Crippen molar-refractivity contribution in [1.82, 2.24) is 19.4 Å². The van der Waals surface area contributed by atoms with Crippen LogP contribution in [0.2, 0.25) is 0 Å². The molecule has 1 fully saturated rings. The number of rotatable bonds is 8. The molecular weight excluding hydrogens is 352 g/mol. The summed E-state index contributed by atoms with van der Waals surface area (Å²) in [5, 5.41) is 9.62. The number of ether oxygens (including phenoxy) is 1. The highest BCUT2D eigenvalue weighted by molar-refractivity contribution is 5.43. The van der Waals surface area contributed by atoms with E-state index in [0.717, 1.165) is 57.3 Å². The van der Waals surface area contributed by atoms with Gasteiger partial charge in [0.25, 0.3) is 0 Å². The third-order valence-electron chi connectivity index (χ3n) is 6.10. The van der Waals surface area contributed by atoms with E-state index in [1.807, 2.05) is 12.4 Å². The van der Waals surface area contributed by atoms with Gasteiger partial charge in [0.1, 0.15) is 11.6 Å². The third-order valence-corrected chi connectivity index (χ3v) is 6.10. The van der Waals surface area contributed by atoms with Crippen molar-refractivity contribution < 1.29 is 9.84 Å². The minimum atomic E-state index is 0.221. The zero-order valence-corrected chi connectivity index (χ0v) is 17.7. The molecule has 3 rings (SSSR count). The Hall–Kier alpha value is -1.89. The van der Waals surface area contributed by atoms with E-state index in [2.05, 4.69) is 52.3 Å². The molecule has 0 unspecified atom stereocenters. The number of benzene rings is 1. The first-order chi connectivity index (χ1) is 13.6. The Labute approximate surface area is 168 Å². The van der Waals surface area contributed by atoms with Crippen molar-refractivity contribution in [3.8, 4) is 5.75 Å². The summed E-state index contributed by atoms with van der Waals surface area (Å²) in [6, 6.07) is 4.60. The van der Waals surface area contributed by atoms with Gasteiger partial charge in [-0.15, -0.1) is 0 Å². The van der Waals surface area contributed by atoms with Gasteiger partial charge in [-0.25, -0.2) is 4.98 Å². The Bertz CT molecular complexity index is 774. The van der Waals surface area contributed by atoms with Gasteiger partial charge in [0.05, 0.1) is 13.7 Å². The first kappa shape index (κ1) is 20.8. The summed E-state index contributed by atoms with van der Waals surface area (Å²) < 4.78 is 7.66. The fraction of sp³-hybridized carbons (Fsp3) is 0.591. The molecule has 0 saturated carbocycles. The van der Waals surface area contributed by atoms with Gasteiger partial charge in [0.15, 0.2) is 0 Å². The smallest absolute Gasteiger partial charge is 0.122 e. The van der Waals surface area contributed by atoms with Gasteiger partial charge in [-0.1, -0.05) is 6.07 Å². The number of piperazine rings is 1. The summed E-state index contributed by atoms with van der Waals surface area (Å²) in [5.74, 6) is 2.07. The van der Waals surface area contributed by atoms with Crippen LogP contribution in [0, 0.1) is 13.8 Å². The molecule has 6 nitrogen and oxygen atoms in total. The first-order valence-electron chi connectivity index (χ1n) is 10.3. The standard InChI is InChI=1S/C22H34N4O2/c1-5-25-10-9-23-22(25)16-24-11-12-26(20(15-24)8-13-27)14-19-6-7-21(28-4)18(3)17(19)2/h6-7,9-10,20,27H,5,8,11-16H2,1-4H3/t20-/m1/s1. The highest BCUT2D eigenvalue weighted by Crippen LogP contribution is 2.26. The van der Waals surface area contributed by atoms with Crippen molar-refractivity contribution >= 4 is 0 Å². The number of nitrogens with zero attached hydrogens (tertiary/aromatic N) is 4. The maximum Gasteiger partial charge on any atom is 0.122 e. The van der Waals surface area contributed by atoms with Gasteiger partial charge >= 0.3 is 0 Å². The summed E-state index contributed by atoms with van der Waals surface area (Å²) >= 11 is 0. The number of aryl methyl sites for hydroxylation is 1. The Morgan fingerprint density at radius 3 is 2.71 bits per heavy atom. The molecule has 2 heterocycles. The van der Waals surface area contributed by atoms with Crippen molar-refractivity contribution in [3.05, 3.63) is 47.0 Å². The van der Waals surface area contributed by atoms with Crippen LogP contribution in [0.3, 0.4) is 0 Å². The lowest BCUT2D eigenvalue weighted by molar-refractivity contribution is 0.0481. The predicted octanol–water partition coefficient (Wildman–Crippen LogP) is 2.60. The van der Waals surface area contributed by atoms with E-state index in [9.17, 15) is 5.11 Å². The number of aliphatic hydroxyl groups excluding tert-OH is 1. The molecule has 1 aliphatic rings. The normalized spacial score (nSPS) is 18.5. The van der Waals surface area contributed by atoms with Crippen LogP contribution in [0.5, 0.6) is 5.75 Å². The van der Waals surface area contributed by atoms with Crippen molar-refractivity contribution in [1.29, 1.82) is 0 Å².